The second-order valence-corrected chi connectivity index (χ2v) is 3.85. The Bertz CT molecular complexity index is 513. The van der Waals surface area contributed by atoms with Crippen LogP contribution < -0.4 is 26.3 Å². The van der Waals surface area contributed by atoms with Crippen LogP contribution in [0.1, 0.15) is 5.56 Å². The number of amidine groups is 1. The minimum atomic E-state index is -1.13. The molecule has 1 atom stereocenters. The second kappa shape index (κ2) is 4.58. The summed E-state index contributed by atoms with van der Waals surface area (Å²) in [6, 6.07) is 5.33. The highest BCUT2D eigenvalue weighted by Gasteiger charge is 2.30. The molecule has 96 valence electrons. The summed E-state index contributed by atoms with van der Waals surface area (Å²) in [5.74, 6) is 0.490. The molecule has 0 radical (unpaired) electrons. The third-order valence-electron chi connectivity index (χ3n) is 2.68. The number of aliphatic imine (C=N–C) groups is 1. The lowest BCUT2D eigenvalue weighted by Crippen LogP contribution is -2.49. The van der Waals surface area contributed by atoms with Crippen LogP contribution in [0.3, 0.4) is 0 Å². The predicted molar refractivity (Wildman–Crippen MR) is 69.3 cm³/mol. The number of benzene rings is 1. The van der Waals surface area contributed by atoms with E-state index in [0.29, 0.717) is 22.9 Å². The van der Waals surface area contributed by atoms with Crippen molar-refractivity contribution in [3.63, 3.8) is 0 Å². The topological polar surface area (TPSA) is 94.9 Å². The van der Waals surface area contributed by atoms with Gasteiger partial charge in [-0.1, -0.05) is 0 Å². The third-order valence-corrected chi connectivity index (χ3v) is 2.68. The van der Waals surface area contributed by atoms with Gasteiger partial charge in [-0.15, -0.1) is 0 Å². The number of hydrogen-bond acceptors (Lipinski definition) is 6. The van der Waals surface area contributed by atoms with Crippen molar-refractivity contribution in [2.75, 3.05) is 14.2 Å². The molecule has 0 aliphatic carbocycles. The molecule has 1 aromatic carbocycles. The van der Waals surface area contributed by atoms with E-state index < -0.39 is 5.79 Å². The first-order chi connectivity index (χ1) is 8.59. The van der Waals surface area contributed by atoms with Crippen molar-refractivity contribution in [1.29, 1.82) is 0 Å². The van der Waals surface area contributed by atoms with Crippen LogP contribution in [-0.2, 0) is 5.79 Å². The first-order valence-electron chi connectivity index (χ1n) is 5.40. The van der Waals surface area contributed by atoms with Gasteiger partial charge in [0.05, 0.1) is 19.8 Å². The van der Waals surface area contributed by atoms with Crippen LogP contribution in [0.25, 0.3) is 0 Å². The van der Waals surface area contributed by atoms with Crippen molar-refractivity contribution in [2.24, 2.45) is 16.5 Å². The average Bonchev–Trinajstić information content (AvgIpc) is 2.37. The lowest BCUT2D eigenvalue weighted by molar-refractivity contribution is 0.354. The molecule has 1 unspecified atom stereocenters. The smallest absolute Gasteiger partial charge is 0.214 e. The van der Waals surface area contributed by atoms with E-state index in [9.17, 15) is 0 Å². The number of methoxy groups -OCH3 is 2. The van der Waals surface area contributed by atoms with Crippen LogP contribution in [0.5, 0.6) is 11.5 Å². The Labute approximate surface area is 105 Å². The summed E-state index contributed by atoms with van der Waals surface area (Å²) in [4.78, 5) is 4.20. The van der Waals surface area contributed by atoms with E-state index in [1.807, 2.05) is 0 Å². The first-order valence-corrected chi connectivity index (χ1v) is 5.40. The molecule has 0 saturated heterocycles. The maximum Gasteiger partial charge on any atom is 0.214 e. The minimum Gasteiger partial charge on any atom is -0.497 e. The Balaban J connectivity index is 2.47. The molecule has 6 nitrogen and oxygen atoms in total. The fourth-order valence-electron chi connectivity index (χ4n) is 1.78. The Hall–Kier alpha value is -2.21. The predicted octanol–water partition coefficient (Wildman–Crippen LogP) is 0.247. The van der Waals surface area contributed by atoms with Crippen molar-refractivity contribution in [3.8, 4) is 11.5 Å². The fraction of sp³-hybridized carbons (Fsp3) is 0.250. The zero-order valence-electron chi connectivity index (χ0n) is 10.3. The average molecular weight is 248 g/mol. The molecule has 1 aliphatic rings. The van der Waals surface area contributed by atoms with Gasteiger partial charge in [0, 0.05) is 12.3 Å². The Morgan fingerprint density at radius 3 is 2.67 bits per heavy atom. The zero-order chi connectivity index (χ0) is 13.2. The lowest BCUT2D eigenvalue weighted by atomic mass is 10.1. The Kier molecular flexibility index (Phi) is 3.12. The van der Waals surface area contributed by atoms with Crippen molar-refractivity contribution >= 4 is 5.84 Å². The maximum atomic E-state index is 6.19. The molecule has 18 heavy (non-hydrogen) atoms. The normalized spacial score (nSPS) is 22.1. The molecule has 1 aliphatic heterocycles. The van der Waals surface area contributed by atoms with Crippen LogP contribution in [-0.4, -0.2) is 20.1 Å². The van der Waals surface area contributed by atoms with Gasteiger partial charge in [0.2, 0.25) is 5.79 Å². The summed E-state index contributed by atoms with van der Waals surface area (Å²) >= 11 is 0. The Morgan fingerprint density at radius 2 is 2.06 bits per heavy atom. The van der Waals surface area contributed by atoms with E-state index >= 15 is 0 Å². The summed E-state index contributed by atoms with van der Waals surface area (Å²) < 4.78 is 10.4. The van der Waals surface area contributed by atoms with Crippen LogP contribution in [0.2, 0.25) is 0 Å². The molecule has 0 amide bonds. The molecule has 1 heterocycles. The highest BCUT2D eigenvalue weighted by atomic mass is 16.5. The van der Waals surface area contributed by atoms with Gasteiger partial charge < -0.3 is 20.5 Å². The summed E-state index contributed by atoms with van der Waals surface area (Å²) in [7, 11) is 3.15. The number of hydrogen-bond donors (Lipinski definition) is 3. The summed E-state index contributed by atoms with van der Waals surface area (Å²) in [5, 5.41) is 2.96. The van der Waals surface area contributed by atoms with Gasteiger partial charge in [0.25, 0.3) is 0 Å². The number of rotatable bonds is 3. The molecule has 0 aromatic heterocycles. The standard InChI is InChI=1S/C12H16N4O2/c1-17-8-3-4-9(10(7-8)18-2)12(14)15-6-5-11(13)16-12/h3-7,15H,14H2,1-2H3,(H2,13,16). The summed E-state index contributed by atoms with van der Waals surface area (Å²) in [6.07, 6.45) is 3.30. The lowest BCUT2D eigenvalue weighted by Gasteiger charge is -2.30. The van der Waals surface area contributed by atoms with Gasteiger partial charge in [0.1, 0.15) is 17.3 Å². The van der Waals surface area contributed by atoms with E-state index in [-0.39, 0.29) is 0 Å². The molecular weight excluding hydrogens is 232 g/mol. The molecular formula is C12H16N4O2. The van der Waals surface area contributed by atoms with Gasteiger partial charge in [-0.3, -0.25) is 5.73 Å². The van der Waals surface area contributed by atoms with Crippen molar-refractivity contribution < 1.29 is 9.47 Å². The van der Waals surface area contributed by atoms with Gasteiger partial charge in [-0.2, -0.15) is 0 Å². The van der Waals surface area contributed by atoms with E-state index in [2.05, 4.69) is 10.3 Å². The summed E-state index contributed by atoms with van der Waals surface area (Å²) in [5.41, 5.74) is 12.5. The van der Waals surface area contributed by atoms with E-state index in [4.69, 9.17) is 20.9 Å². The molecule has 6 heteroatoms. The van der Waals surface area contributed by atoms with E-state index in [1.165, 1.54) is 0 Å². The van der Waals surface area contributed by atoms with Gasteiger partial charge in [-0.25, -0.2) is 4.99 Å². The van der Waals surface area contributed by atoms with Crippen LogP contribution >= 0.6 is 0 Å². The highest BCUT2D eigenvalue weighted by molar-refractivity contribution is 5.92. The van der Waals surface area contributed by atoms with E-state index in [0.717, 1.165) is 0 Å². The molecule has 2 rings (SSSR count). The molecule has 1 aromatic rings. The van der Waals surface area contributed by atoms with Crippen LogP contribution in [0.4, 0.5) is 0 Å². The molecule has 0 fully saturated rings. The highest BCUT2D eigenvalue weighted by Crippen LogP contribution is 2.32. The second-order valence-electron chi connectivity index (χ2n) is 3.85. The van der Waals surface area contributed by atoms with Gasteiger partial charge in [0.15, 0.2) is 0 Å². The van der Waals surface area contributed by atoms with Crippen LogP contribution in [0.15, 0.2) is 35.5 Å². The summed E-state index contributed by atoms with van der Waals surface area (Å²) in [6.45, 7) is 0. The molecule has 5 N–H and O–H groups in total. The number of nitrogens with zero attached hydrogens (tertiary/aromatic N) is 1. The fourth-order valence-corrected chi connectivity index (χ4v) is 1.78. The quantitative estimate of drug-likeness (QED) is 0.712. The van der Waals surface area contributed by atoms with Crippen molar-refractivity contribution in [2.45, 2.75) is 5.79 Å². The molecule has 0 bridgehead atoms. The Morgan fingerprint density at radius 1 is 1.28 bits per heavy atom. The van der Waals surface area contributed by atoms with E-state index in [1.54, 1.807) is 44.7 Å². The SMILES string of the molecule is COc1ccc(C2(N)N=C(N)C=CN2)c(OC)c1. The van der Waals surface area contributed by atoms with Gasteiger partial charge in [-0.05, 0) is 18.2 Å². The first kappa shape index (κ1) is 12.3. The van der Waals surface area contributed by atoms with Crippen molar-refractivity contribution in [3.05, 3.63) is 36.0 Å². The largest absolute Gasteiger partial charge is 0.497 e. The number of nitrogens with two attached hydrogens (primary N) is 2. The van der Waals surface area contributed by atoms with Crippen molar-refractivity contribution in [1.82, 2.24) is 5.32 Å². The maximum absolute atomic E-state index is 6.19. The number of nitrogens with one attached hydrogen (secondary N) is 1. The minimum absolute atomic E-state index is 0.356. The monoisotopic (exact) mass is 248 g/mol. The third kappa shape index (κ3) is 2.10. The molecule has 0 saturated carbocycles. The zero-order valence-corrected chi connectivity index (χ0v) is 10.3. The molecule has 0 spiro atoms. The van der Waals surface area contributed by atoms with Crippen LogP contribution in [0, 0.1) is 0 Å². The number of ether oxygens (including phenoxy) is 2. The van der Waals surface area contributed by atoms with Gasteiger partial charge >= 0.3 is 0 Å².